The first-order valence-electron chi connectivity index (χ1n) is 5.13. The van der Waals surface area contributed by atoms with Gasteiger partial charge in [0.1, 0.15) is 12.4 Å². The van der Waals surface area contributed by atoms with Gasteiger partial charge in [-0.3, -0.25) is 14.9 Å². The van der Waals surface area contributed by atoms with Gasteiger partial charge in [-0.15, -0.1) is 0 Å². The number of nitro benzene ring substituents is 1. The van der Waals surface area contributed by atoms with Gasteiger partial charge in [0, 0.05) is 6.07 Å². The summed E-state index contributed by atoms with van der Waals surface area (Å²) in [5, 5.41) is 19.8. The molecule has 0 radical (unpaired) electrons. The van der Waals surface area contributed by atoms with Crippen LogP contribution in [-0.2, 0) is 11.2 Å². The second kappa shape index (κ2) is 4.04. The first-order chi connectivity index (χ1) is 8.00. The zero-order chi connectivity index (χ0) is 12.6. The van der Waals surface area contributed by atoms with Crippen molar-refractivity contribution in [2.75, 3.05) is 6.61 Å². The average Bonchev–Trinajstić information content (AvgIpc) is 2.28. The van der Waals surface area contributed by atoms with E-state index in [1.54, 1.807) is 13.0 Å². The Labute approximate surface area is 97.0 Å². The number of aryl methyl sites for hydroxylation is 1. The van der Waals surface area contributed by atoms with Crippen molar-refractivity contribution in [2.45, 2.75) is 13.3 Å². The molecule has 0 fully saturated rings. The number of fused-ring (bicyclic) bond motifs is 1. The lowest BCUT2D eigenvalue weighted by Gasteiger charge is -2.23. The van der Waals surface area contributed by atoms with Crippen LogP contribution in [0.4, 0.5) is 5.69 Å². The summed E-state index contributed by atoms with van der Waals surface area (Å²) in [4.78, 5) is 21.2. The molecule has 0 spiro atoms. The number of benzene rings is 1. The first kappa shape index (κ1) is 11.4. The number of hydrogen-bond donors (Lipinski definition) is 1. The van der Waals surface area contributed by atoms with Gasteiger partial charge < -0.3 is 9.84 Å². The molecule has 1 aliphatic rings. The van der Waals surface area contributed by atoms with Crippen LogP contribution in [0.25, 0.3) is 0 Å². The maximum atomic E-state index is 10.9. The number of ether oxygens (including phenoxy) is 1. The molecule has 2 rings (SSSR count). The van der Waals surface area contributed by atoms with Gasteiger partial charge in [-0.25, -0.2) is 0 Å². The Kier molecular flexibility index (Phi) is 2.71. The molecule has 1 aliphatic heterocycles. The molecule has 0 aliphatic carbocycles. The van der Waals surface area contributed by atoms with Crippen LogP contribution in [0.5, 0.6) is 5.75 Å². The van der Waals surface area contributed by atoms with Crippen molar-refractivity contribution >= 4 is 11.7 Å². The summed E-state index contributed by atoms with van der Waals surface area (Å²) >= 11 is 0. The Morgan fingerprint density at radius 2 is 2.29 bits per heavy atom. The zero-order valence-corrected chi connectivity index (χ0v) is 9.17. The normalized spacial score (nSPS) is 18.1. The number of hydrogen-bond acceptors (Lipinski definition) is 4. The third-order valence-corrected chi connectivity index (χ3v) is 2.86. The summed E-state index contributed by atoms with van der Waals surface area (Å²) in [6.07, 6.45) is 0.142. The molecular weight excluding hydrogens is 226 g/mol. The van der Waals surface area contributed by atoms with Crippen LogP contribution in [0.2, 0.25) is 0 Å². The minimum absolute atomic E-state index is 0.0599. The predicted molar refractivity (Wildman–Crippen MR) is 58.2 cm³/mol. The van der Waals surface area contributed by atoms with Gasteiger partial charge in [-0.1, -0.05) is 0 Å². The van der Waals surface area contributed by atoms with Gasteiger partial charge in [0.2, 0.25) is 0 Å². The van der Waals surface area contributed by atoms with Crippen molar-refractivity contribution in [3.05, 3.63) is 33.4 Å². The lowest BCUT2D eigenvalue weighted by molar-refractivity contribution is -0.385. The lowest BCUT2D eigenvalue weighted by Crippen LogP contribution is -2.28. The second-order valence-electron chi connectivity index (χ2n) is 4.02. The van der Waals surface area contributed by atoms with E-state index in [2.05, 4.69) is 0 Å². The van der Waals surface area contributed by atoms with Crippen LogP contribution in [0.3, 0.4) is 0 Å². The van der Waals surface area contributed by atoms with Crippen molar-refractivity contribution in [1.29, 1.82) is 0 Å². The predicted octanol–water partition coefficient (Wildman–Crippen LogP) is 1.54. The van der Waals surface area contributed by atoms with E-state index in [4.69, 9.17) is 9.84 Å². The summed E-state index contributed by atoms with van der Waals surface area (Å²) < 4.78 is 5.33. The maximum Gasteiger partial charge on any atom is 0.310 e. The largest absolute Gasteiger partial charge is 0.492 e. The number of rotatable bonds is 2. The highest BCUT2D eigenvalue weighted by Gasteiger charge is 2.31. The Bertz CT molecular complexity index is 497. The summed E-state index contributed by atoms with van der Waals surface area (Å²) in [5.74, 6) is -1.26. The molecule has 0 aromatic heterocycles. The van der Waals surface area contributed by atoms with Crippen LogP contribution in [-0.4, -0.2) is 22.6 Å². The molecule has 0 saturated heterocycles. The number of nitrogens with zero attached hydrogens (tertiary/aromatic N) is 1. The average molecular weight is 237 g/mol. The molecule has 1 unspecified atom stereocenters. The van der Waals surface area contributed by atoms with Crippen molar-refractivity contribution in [3.8, 4) is 5.75 Å². The fraction of sp³-hybridized carbons (Fsp3) is 0.364. The van der Waals surface area contributed by atoms with Gasteiger partial charge in [-0.2, -0.15) is 0 Å². The van der Waals surface area contributed by atoms with Gasteiger partial charge in [-0.05, 0) is 25.0 Å². The minimum atomic E-state index is -0.994. The van der Waals surface area contributed by atoms with E-state index < -0.39 is 16.8 Å². The van der Waals surface area contributed by atoms with E-state index in [1.807, 2.05) is 0 Å². The van der Waals surface area contributed by atoms with Gasteiger partial charge in [0.05, 0.1) is 16.4 Å². The molecule has 1 aromatic rings. The molecule has 1 atom stereocenters. The Morgan fingerprint density at radius 1 is 1.59 bits per heavy atom. The molecular formula is C11H11NO5. The van der Waals surface area contributed by atoms with Crippen LogP contribution >= 0.6 is 0 Å². The monoisotopic (exact) mass is 237 g/mol. The van der Waals surface area contributed by atoms with Crippen molar-refractivity contribution in [1.82, 2.24) is 0 Å². The highest BCUT2D eigenvalue weighted by Crippen LogP contribution is 2.37. The molecule has 0 amide bonds. The summed E-state index contributed by atoms with van der Waals surface area (Å²) in [6, 6.07) is 3.00. The van der Waals surface area contributed by atoms with E-state index in [0.29, 0.717) is 11.3 Å². The smallest absolute Gasteiger partial charge is 0.310 e. The number of nitro groups is 1. The molecule has 17 heavy (non-hydrogen) atoms. The SMILES string of the molecule is Cc1ccc([N+](=O)[O-])c2c1OCC(C(=O)O)C2. The summed E-state index contributed by atoms with van der Waals surface area (Å²) in [7, 11) is 0. The van der Waals surface area contributed by atoms with Crippen LogP contribution in [0, 0.1) is 23.0 Å². The topological polar surface area (TPSA) is 89.7 Å². The summed E-state index contributed by atoms with van der Waals surface area (Å²) in [6.45, 7) is 1.84. The molecule has 6 heteroatoms. The molecule has 1 heterocycles. The van der Waals surface area contributed by atoms with Gasteiger partial charge in [0.25, 0.3) is 5.69 Å². The van der Waals surface area contributed by atoms with Crippen molar-refractivity contribution in [2.24, 2.45) is 5.92 Å². The van der Waals surface area contributed by atoms with Crippen LogP contribution in [0.15, 0.2) is 12.1 Å². The Balaban J connectivity index is 2.49. The molecule has 0 bridgehead atoms. The third kappa shape index (κ3) is 1.93. The molecule has 1 N–H and O–H groups in total. The van der Waals surface area contributed by atoms with E-state index in [1.165, 1.54) is 6.07 Å². The fourth-order valence-corrected chi connectivity index (χ4v) is 1.95. The quantitative estimate of drug-likeness (QED) is 0.622. The summed E-state index contributed by atoms with van der Waals surface area (Å²) in [5.41, 5.74) is 1.10. The highest BCUT2D eigenvalue weighted by atomic mass is 16.6. The van der Waals surface area contributed by atoms with Crippen molar-refractivity contribution in [3.63, 3.8) is 0 Å². The fourth-order valence-electron chi connectivity index (χ4n) is 1.95. The first-order valence-corrected chi connectivity index (χ1v) is 5.13. The standard InChI is InChI=1S/C11H11NO5/c1-6-2-3-9(12(15)16)8-4-7(11(13)14)5-17-10(6)8/h2-3,7H,4-5H2,1H3,(H,13,14). The zero-order valence-electron chi connectivity index (χ0n) is 9.17. The Hall–Kier alpha value is -2.11. The number of carboxylic acids is 1. The highest BCUT2D eigenvalue weighted by molar-refractivity contribution is 5.72. The molecule has 0 saturated carbocycles. The number of carbonyl (C=O) groups is 1. The maximum absolute atomic E-state index is 10.9. The number of aliphatic carboxylic acids is 1. The van der Waals surface area contributed by atoms with Crippen molar-refractivity contribution < 1.29 is 19.6 Å². The van der Waals surface area contributed by atoms with Gasteiger partial charge >= 0.3 is 5.97 Å². The minimum Gasteiger partial charge on any atom is -0.492 e. The molecule has 1 aromatic carbocycles. The second-order valence-corrected chi connectivity index (χ2v) is 4.02. The van der Waals surface area contributed by atoms with E-state index in [-0.39, 0.29) is 18.7 Å². The van der Waals surface area contributed by atoms with E-state index in [0.717, 1.165) is 5.56 Å². The molecule has 6 nitrogen and oxygen atoms in total. The molecule has 90 valence electrons. The Morgan fingerprint density at radius 3 is 2.88 bits per heavy atom. The van der Waals surface area contributed by atoms with E-state index in [9.17, 15) is 14.9 Å². The van der Waals surface area contributed by atoms with Crippen LogP contribution in [0.1, 0.15) is 11.1 Å². The number of carboxylic acid groups (broad SMARTS) is 1. The van der Waals surface area contributed by atoms with E-state index >= 15 is 0 Å². The van der Waals surface area contributed by atoms with Gasteiger partial charge in [0.15, 0.2) is 0 Å². The third-order valence-electron chi connectivity index (χ3n) is 2.86. The van der Waals surface area contributed by atoms with Crippen LogP contribution < -0.4 is 4.74 Å². The lowest BCUT2D eigenvalue weighted by atomic mass is 9.94.